The standard InChI is InChI=1S/C19H19F2NO5/c20-19(21)27-16-5-2-1-4-13(16)12-17(23)22-14-7-9-15(10-8-14)26-11-3-6-18(24)25/h1-2,4-5,7-10,19H,3,6,11-12H2,(H,22,23)(H,24,25). The zero-order valence-electron chi connectivity index (χ0n) is 14.4. The molecule has 0 saturated heterocycles. The summed E-state index contributed by atoms with van der Waals surface area (Å²) in [6.45, 7) is -2.68. The lowest BCUT2D eigenvalue weighted by Crippen LogP contribution is -2.15. The van der Waals surface area contributed by atoms with Crippen LogP contribution in [0.3, 0.4) is 0 Å². The number of carbonyl (C=O) groups is 2. The van der Waals surface area contributed by atoms with E-state index < -0.39 is 12.6 Å². The molecule has 0 atom stereocenters. The van der Waals surface area contributed by atoms with Gasteiger partial charge in [-0.2, -0.15) is 8.78 Å². The monoisotopic (exact) mass is 379 g/mol. The summed E-state index contributed by atoms with van der Waals surface area (Å²) in [5.74, 6) is -0.741. The number of aliphatic carboxylic acids is 1. The second-order valence-corrected chi connectivity index (χ2v) is 5.58. The molecule has 0 heterocycles. The van der Waals surface area contributed by atoms with Crippen molar-refractivity contribution in [3.63, 3.8) is 0 Å². The van der Waals surface area contributed by atoms with Crippen LogP contribution in [0.1, 0.15) is 18.4 Å². The normalized spacial score (nSPS) is 10.5. The molecule has 0 bridgehead atoms. The SMILES string of the molecule is O=C(O)CCCOc1ccc(NC(=O)Cc2ccccc2OC(F)F)cc1. The van der Waals surface area contributed by atoms with E-state index in [1.807, 2.05) is 0 Å². The van der Waals surface area contributed by atoms with E-state index in [9.17, 15) is 18.4 Å². The van der Waals surface area contributed by atoms with Crippen LogP contribution in [0.5, 0.6) is 11.5 Å². The summed E-state index contributed by atoms with van der Waals surface area (Å²) in [6.07, 6.45) is 0.315. The van der Waals surface area contributed by atoms with Crippen LogP contribution in [0.25, 0.3) is 0 Å². The highest BCUT2D eigenvalue weighted by Gasteiger charge is 2.12. The minimum Gasteiger partial charge on any atom is -0.494 e. The Morgan fingerprint density at radius 1 is 1.07 bits per heavy atom. The Bertz CT molecular complexity index is 765. The number of hydrogen-bond donors (Lipinski definition) is 2. The van der Waals surface area contributed by atoms with Gasteiger partial charge in [0, 0.05) is 17.7 Å². The van der Waals surface area contributed by atoms with Crippen LogP contribution in [-0.4, -0.2) is 30.2 Å². The summed E-state index contributed by atoms with van der Waals surface area (Å²) in [5.41, 5.74) is 0.874. The van der Waals surface area contributed by atoms with Crippen molar-refractivity contribution in [2.24, 2.45) is 0 Å². The maximum atomic E-state index is 12.4. The minimum atomic E-state index is -2.96. The largest absolute Gasteiger partial charge is 0.494 e. The predicted molar refractivity (Wildman–Crippen MR) is 94.2 cm³/mol. The van der Waals surface area contributed by atoms with E-state index in [0.717, 1.165) is 0 Å². The highest BCUT2D eigenvalue weighted by Crippen LogP contribution is 2.22. The molecule has 8 heteroatoms. The first-order valence-corrected chi connectivity index (χ1v) is 8.21. The number of para-hydroxylation sites is 1. The fourth-order valence-electron chi connectivity index (χ4n) is 2.29. The molecule has 2 rings (SSSR count). The van der Waals surface area contributed by atoms with Gasteiger partial charge in [0.05, 0.1) is 13.0 Å². The molecule has 0 saturated carbocycles. The van der Waals surface area contributed by atoms with Crippen molar-refractivity contribution in [3.8, 4) is 11.5 Å². The number of hydrogen-bond acceptors (Lipinski definition) is 4. The van der Waals surface area contributed by atoms with Crippen LogP contribution in [0, 0.1) is 0 Å². The van der Waals surface area contributed by atoms with Gasteiger partial charge in [-0.15, -0.1) is 0 Å². The number of rotatable bonds is 10. The summed E-state index contributed by atoms with van der Waals surface area (Å²) in [5, 5.41) is 11.2. The van der Waals surface area contributed by atoms with Gasteiger partial charge in [0.2, 0.25) is 5.91 Å². The minimum absolute atomic E-state index is 0.0326. The van der Waals surface area contributed by atoms with Crippen LogP contribution in [-0.2, 0) is 16.0 Å². The van der Waals surface area contributed by atoms with Crippen LogP contribution in [0.4, 0.5) is 14.5 Å². The summed E-state index contributed by atoms with van der Waals surface area (Å²) >= 11 is 0. The molecule has 0 fully saturated rings. The van der Waals surface area contributed by atoms with Crippen molar-refractivity contribution in [3.05, 3.63) is 54.1 Å². The molecular formula is C19H19F2NO5. The molecule has 2 aromatic carbocycles. The number of halogens is 2. The molecule has 0 radical (unpaired) electrons. The van der Waals surface area contributed by atoms with Gasteiger partial charge in [-0.05, 0) is 36.8 Å². The third kappa shape index (κ3) is 7.31. The maximum Gasteiger partial charge on any atom is 0.387 e. The van der Waals surface area contributed by atoms with Crippen LogP contribution in [0.15, 0.2) is 48.5 Å². The molecule has 0 aliphatic carbocycles. The van der Waals surface area contributed by atoms with Crippen molar-refractivity contribution in [2.45, 2.75) is 25.9 Å². The summed E-state index contributed by atoms with van der Waals surface area (Å²) < 4.78 is 34.6. The van der Waals surface area contributed by atoms with Gasteiger partial charge in [0.1, 0.15) is 11.5 Å². The smallest absolute Gasteiger partial charge is 0.387 e. The van der Waals surface area contributed by atoms with Gasteiger partial charge in [-0.1, -0.05) is 18.2 Å². The van der Waals surface area contributed by atoms with E-state index in [0.29, 0.717) is 23.4 Å². The number of carboxylic acids is 1. The van der Waals surface area contributed by atoms with E-state index in [4.69, 9.17) is 9.84 Å². The van der Waals surface area contributed by atoms with Gasteiger partial charge in [0.25, 0.3) is 0 Å². The van der Waals surface area contributed by atoms with Gasteiger partial charge in [0.15, 0.2) is 0 Å². The fourth-order valence-corrected chi connectivity index (χ4v) is 2.29. The molecule has 0 aliphatic heterocycles. The number of ether oxygens (including phenoxy) is 2. The number of amides is 1. The molecule has 2 N–H and O–H groups in total. The Labute approximate surface area is 154 Å². The molecule has 1 amide bonds. The van der Waals surface area contributed by atoms with E-state index in [-0.39, 0.29) is 31.1 Å². The van der Waals surface area contributed by atoms with Crippen LogP contribution >= 0.6 is 0 Å². The molecule has 0 aliphatic rings. The first kappa shape index (κ1) is 20.2. The third-order valence-corrected chi connectivity index (χ3v) is 3.48. The van der Waals surface area contributed by atoms with Crippen molar-refractivity contribution in [2.75, 3.05) is 11.9 Å². The lowest BCUT2D eigenvalue weighted by molar-refractivity contribution is -0.137. The zero-order chi connectivity index (χ0) is 19.6. The number of benzene rings is 2. The number of alkyl halides is 2. The fraction of sp³-hybridized carbons (Fsp3) is 0.263. The average Bonchev–Trinajstić information content (AvgIpc) is 2.61. The van der Waals surface area contributed by atoms with E-state index in [2.05, 4.69) is 10.1 Å². The molecule has 27 heavy (non-hydrogen) atoms. The molecule has 0 unspecified atom stereocenters. The van der Waals surface area contributed by atoms with Crippen LogP contribution in [0.2, 0.25) is 0 Å². The highest BCUT2D eigenvalue weighted by atomic mass is 19.3. The van der Waals surface area contributed by atoms with E-state index in [1.165, 1.54) is 6.07 Å². The first-order valence-electron chi connectivity index (χ1n) is 8.21. The Kier molecular flexibility index (Phi) is 7.54. The van der Waals surface area contributed by atoms with Crippen molar-refractivity contribution < 1.29 is 33.0 Å². The van der Waals surface area contributed by atoms with E-state index in [1.54, 1.807) is 42.5 Å². The molecule has 6 nitrogen and oxygen atoms in total. The number of carboxylic acid groups (broad SMARTS) is 1. The topological polar surface area (TPSA) is 84.9 Å². The molecular weight excluding hydrogens is 360 g/mol. The molecule has 0 aromatic heterocycles. The first-order chi connectivity index (χ1) is 12.9. The number of anilines is 1. The lowest BCUT2D eigenvalue weighted by atomic mass is 10.1. The van der Waals surface area contributed by atoms with Crippen molar-refractivity contribution in [1.82, 2.24) is 0 Å². The Morgan fingerprint density at radius 2 is 1.78 bits per heavy atom. The predicted octanol–water partition coefficient (Wildman–Crippen LogP) is 3.71. The van der Waals surface area contributed by atoms with Gasteiger partial charge in [-0.25, -0.2) is 0 Å². The third-order valence-electron chi connectivity index (χ3n) is 3.48. The average molecular weight is 379 g/mol. The molecule has 0 spiro atoms. The summed E-state index contributed by atoms with van der Waals surface area (Å²) in [4.78, 5) is 22.6. The zero-order valence-corrected chi connectivity index (χ0v) is 14.4. The second-order valence-electron chi connectivity index (χ2n) is 5.58. The number of carbonyl (C=O) groups excluding carboxylic acids is 1. The van der Waals surface area contributed by atoms with Crippen molar-refractivity contribution in [1.29, 1.82) is 0 Å². The van der Waals surface area contributed by atoms with Gasteiger partial charge >= 0.3 is 12.6 Å². The Balaban J connectivity index is 1.86. The molecule has 144 valence electrons. The summed E-state index contributed by atoms with van der Waals surface area (Å²) in [6, 6.07) is 12.7. The lowest BCUT2D eigenvalue weighted by Gasteiger charge is -2.11. The molecule has 2 aromatic rings. The second kappa shape index (κ2) is 10.1. The Morgan fingerprint density at radius 3 is 2.44 bits per heavy atom. The van der Waals surface area contributed by atoms with Crippen molar-refractivity contribution >= 4 is 17.6 Å². The van der Waals surface area contributed by atoms with E-state index >= 15 is 0 Å². The summed E-state index contributed by atoms with van der Waals surface area (Å²) in [7, 11) is 0. The Hall–Kier alpha value is -3.16. The quantitative estimate of drug-likeness (QED) is 0.615. The maximum absolute atomic E-state index is 12.4. The number of nitrogens with one attached hydrogen (secondary N) is 1. The highest BCUT2D eigenvalue weighted by molar-refractivity contribution is 5.92. The van der Waals surface area contributed by atoms with Gasteiger partial charge < -0.3 is 19.9 Å². The van der Waals surface area contributed by atoms with Gasteiger partial charge in [-0.3, -0.25) is 9.59 Å². The van der Waals surface area contributed by atoms with Crippen LogP contribution < -0.4 is 14.8 Å².